The van der Waals surface area contributed by atoms with Crippen LogP contribution in [0.3, 0.4) is 0 Å². The molecule has 0 amide bonds. The van der Waals surface area contributed by atoms with Crippen molar-refractivity contribution in [3.8, 4) is 0 Å². The predicted octanol–water partition coefficient (Wildman–Crippen LogP) is 4.69. The van der Waals surface area contributed by atoms with Crippen molar-refractivity contribution in [3.05, 3.63) is 52.9 Å². The van der Waals surface area contributed by atoms with E-state index in [1.165, 1.54) is 10.5 Å². The molecule has 0 saturated carbocycles. The fourth-order valence-electron chi connectivity index (χ4n) is 2.67. The number of benzene rings is 1. The normalized spacial score (nSPS) is 19.6. The molecule has 4 heteroatoms. The third-order valence-corrected chi connectivity index (χ3v) is 4.94. The minimum absolute atomic E-state index is 0.376. The molecule has 2 aromatic rings. The Bertz CT molecular complexity index is 570. The number of rotatable bonds is 4. The van der Waals surface area contributed by atoms with E-state index in [4.69, 9.17) is 16.0 Å². The standard InChI is InChI=1S/C16H18ClNOS/c1-11(9-13-3-2-7-19-13)18-15-6-8-20-16-5-4-12(17)10-14(15)16/h2-5,7,10-11,15,18H,6,8-9H2,1H3. The molecule has 1 N–H and O–H groups in total. The molecule has 2 nitrogen and oxygen atoms in total. The fourth-order valence-corrected chi connectivity index (χ4v) is 3.96. The summed E-state index contributed by atoms with van der Waals surface area (Å²) in [7, 11) is 0. The second kappa shape index (κ2) is 6.25. The SMILES string of the molecule is CC(Cc1ccco1)NC1CCSc2ccc(Cl)cc21. The summed E-state index contributed by atoms with van der Waals surface area (Å²) in [6, 6.07) is 10.9. The average molecular weight is 308 g/mol. The first-order chi connectivity index (χ1) is 9.72. The molecule has 0 aliphatic carbocycles. The second-order valence-corrected chi connectivity index (χ2v) is 6.80. The van der Waals surface area contributed by atoms with Crippen LogP contribution in [0.5, 0.6) is 0 Å². The lowest BCUT2D eigenvalue weighted by Gasteiger charge is -2.29. The minimum Gasteiger partial charge on any atom is -0.469 e. The van der Waals surface area contributed by atoms with E-state index in [9.17, 15) is 0 Å². The topological polar surface area (TPSA) is 25.2 Å². The van der Waals surface area contributed by atoms with Gasteiger partial charge >= 0.3 is 0 Å². The Labute approximate surface area is 128 Å². The quantitative estimate of drug-likeness (QED) is 0.887. The summed E-state index contributed by atoms with van der Waals surface area (Å²) in [6.07, 6.45) is 3.78. The highest BCUT2D eigenvalue weighted by Crippen LogP contribution is 2.37. The predicted molar refractivity (Wildman–Crippen MR) is 84.5 cm³/mol. The van der Waals surface area contributed by atoms with Gasteiger partial charge in [0.15, 0.2) is 0 Å². The summed E-state index contributed by atoms with van der Waals surface area (Å²) in [6.45, 7) is 2.20. The molecule has 0 radical (unpaired) electrons. The van der Waals surface area contributed by atoms with Gasteiger partial charge < -0.3 is 9.73 Å². The van der Waals surface area contributed by atoms with Gasteiger partial charge in [0.25, 0.3) is 0 Å². The Balaban J connectivity index is 1.71. The highest BCUT2D eigenvalue weighted by Gasteiger charge is 2.22. The first-order valence-electron chi connectivity index (χ1n) is 6.93. The molecule has 2 atom stereocenters. The molecule has 1 aliphatic rings. The molecule has 0 spiro atoms. The zero-order chi connectivity index (χ0) is 13.9. The van der Waals surface area contributed by atoms with Gasteiger partial charge in [0.2, 0.25) is 0 Å². The van der Waals surface area contributed by atoms with Crippen molar-refractivity contribution in [3.63, 3.8) is 0 Å². The first-order valence-corrected chi connectivity index (χ1v) is 8.29. The van der Waals surface area contributed by atoms with Crippen molar-refractivity contribution in [2.75, 3.05) is 5.75 Å². The van der Waals surface area contributed by atoms with E-state index in [1.54, 1.807) is 6.26 Å². The monoisotopic (exact) mass is 307 g/mol. The Morgan fingerprint density at radius 3 is 3.15 bits per heavy atom. The van der Waals surface area contributed by atoms with Gasteiger partial charge in [0, 0.05) is 28.4 Å². The van der Waals surface area contributed by atoms with E-state index in [-0.39, 0.29) is 0 Å². The smallest absolute Gasteiger partial charge is 0.105 e. The average Bonchev–Trinajstić information content (AvgIpc) is 2.92. The van der Waals surface area contributed by atoms with Crippen LogP contribution < -0.4 is 5.32 Å². The van der Waals surface area contributed by atoms with Crippen LogP contribution in [0, 0.1) is 0 Å². The molecule has 2 unspecified atom stereocenters. The highest BCUT2D eigenvalue weighted by molar-refractivity contribution is 7.99. The van der Waals surface area contributed by atoms with Gasteiger partial charge in [-0.1, -0.05) is 11.6 Å². The number of nitrogens with one attached hydrogen (secondary N) is 1. The van der Waals surface area contributed by atoms with Crippen LogP contribution in [0.4, 0.5) is 0 Å². The third kappa shape index (κ3) is 3.22. The zero-order valence-electron chi connectivity index (χ0n) is 11.4. The van der Waals surface area contributed by atoms with Crippen LogP contribution in [-0.2, 0) is 6.42 Å². The molecule has 1 aliphatic heterocycles. The van der Waals surface area contributed by atoms with Crippen LogP contribution in [0.1, 0.15) is 30.7 Å². The Kier molecular flexibility index (Phi) is 4.39. The van der Waals surface area contributed by atoms with Gasteiger partial charge in [-0.15, -0.1) is 11.8 Å². The van der Waals surface area contributed by atoms with Crippen LogP contribution in [0.2, 0.25) is 5.02 Å². The van der Waals surface area contributed by atoms with E-state index in [0.717, 1.165) is 29.4 Å². The largest absolute Gasteiger partial charge is 0.469 e. The first kappa shape index (κ1) is 14.1. The maximum Gasteiger partial charge on any atom is 0.105 e. The number of fused-ring (bicyclic) bond motifs is 1. The molecular formula is C16H18ClNOS. The van der Waals surface area contributed by atoms with Crippen LogP contribution in [-0.4, -0.2) is 11.8 Å². The fraction of sp³-hybridized carbons (Fsp3) is 0.375. The van der Waals surface area contributed by atoms with E-state index in [1.807, 2.05) is 30.0 Å². The van der Waals surface area contributed by atoms with Crippen molar-refractivity contribution >= 4 is 23.4 Å². The van der Waals surface area contributed by atoms with Gasteiger partial charge in [-0.3, -0.25) is 0 Å². The lowest BCUT2D eigenvalue weighted by molar-refractivity contribution is 0.407. The van der Waals surface area contributed by atoms with Crippen molar-refractivity contribution in [2.24, 2.45) is 0 Å². The number of halogens is 1. The Morgan fingerprint density at radius 1 is 1.45 bits per heavy atom. The number of hydrogen-bond donors (Lipinski definition) is 1. The summed E-state index contributed by atoms with van der Waals surface area (Å²) >= 11 is 8.06. The van der Waals surface area contributed by atoms with E-state index >= 15 is 0 Å². The molecular weight excluding hydrogens is 290 g/mol. The molecule has 106 valence electrons. The summed E-state index contributed by atoms with van der Waals surface area (Å²) in [4.78, 5) is 1.35. The van der Waals surface area contributed by atoms with Crippen molar-refractivity contribution in [1.29, 1.82) is 0 Å². The maximum atomic E-state index is 6.14. The van der Waals surface area contributed by atoms with Crippen LogP contribution in [0.15, 0.2) is 45.9 Å². The van der Waals surface area contributed by atoms with E-state index < -0.39 is 0 Å². The van der Waals surface area contributed by atoms with Crippen molar-refractivity contribution in [2.45, 2.75) is 36.7 Å². The Morgan fingerprint density at radius 2 is 2.35 bits per heavy atom. The summed E-state index contributed by atoms with van der Waals surface area (Å²) < 4.78 is 5.42. The molecule has 3 rings (SSSR count). The molecule has 0 fully saturated rings. The van der Waals surface area contributed by atoms with Gasteiger partial charge in [-0.25, -0.2) is 0 Å². The highest BCUT2D eigenvalue weighted by atomic mass is 35.5. The van der Waals surface area contributed by atoms with E-state index in [2.05, 4.69) is 24.4 Å². The third-order valence-electron chi connectivity index (χ3n) is 3.58. The number of hydrogen-bond acceptors (Lipinski definition) is 3. The van der Waals surface area contributed by atoms with Crippen molar-refractivity contribution in [1.82, 2.24) is 5.32 Å². The molecule has 0 saturated heterocycles. The van der Waals surface area contributed by atoms with Gasteiger partial charge in [-0.2, -0.15) is 0 Å². The molecule has 0 bridgehead atoms. The van der Waals surface area contributed by atoms with Crippen LogP contribution in [0.25, 0.3) is 0 Å². The molecule has 2 heterocycles. The van der Waals surface area contributed by atoms with Gasteiger partial charge in [-0.05, 0) is 55.0 Å². The maximum absolute atomic E-state index is 6.14. The Hall–Kier alpha value is -0.900. The molecule has 20 heavy (non-hydrogen) atoms. The summed E-state index contributed by atoms with van der Waals surface area (Å²) in [5, 5.41) is 4.52. The number of furan rings is 1. The molecule has 1 aromatic carbocycles. The van der Waals surface area contributed by atoms with Crippen LogP contribution >= 0.6 is 23.4 Å². The zero-order valence-corrected chi connectivity index (χ0v) is 13.0. The van der Waals surface area contributed by atoms with Crippen molar-refractivity contribution < 1.29 is 4.42 Å². The lowest BCUT2D eigenvalue weighted by atomic mass is 10.0. The summed E-state index contributed by atoms with van der Waals surface area (Å²) in [5.74, 6) is 2.18. The second-order valence-electron chi connectivity index (χ2n) is 5.22. The molecule has 1 aromatic heterocycles. The van der Waals surface area contributed by atoms with Gasteiger partial charge in [0.1, 0.15) is 5.76 Å². The summed E-state index contributed by atoms with van der Waals surface area (Å²) in [5.41, 5.74) is 1.33. The number of thioether (sulfide) groups is 1. The minimum atomic E-state index is 0.376. The van der Waals surface area contributed by atoms with Gasteiger partial charge in [0.05, 0.1) is 6.26 Å². The van der Waals surface area contributed by atoms with E-state index in [0.29, 0.717) is 12.1 Å². The lowest BCUT2D eigenvalue weighted by Crippen LogP contribution is -2.33.